The Balaban J connectivity index is 1.85. The van der Waals surface area contributed by atoms with E-state index in [2.05, 4.69) is 41.5 Å². The van der Waals surface area contributed by atoms with E-state index in [4.69, 9.17) is 0 Å². The predicted molar refractivity (Wildman–Crippen MR) is 66.2 cm³/mol. The molecular weight excluding hydrogens is 196 g/mol. The summed E-state index contributed by atoms with van der Waals surface area (Å²) in [5, 5.41) is 4.86. The molecule has 3 rings (SSSR count). The summed E-state index contributed by atoms with van der Waals surface area (Å²) in [5.74, 6) is 0.855. The van der Waals surface area contributed by atoms with Gasteiger partial charge in [-0.25, -0.2) is 0 Å². The predicted octanol–water partition coefficient (Wildman–Crippen LogP) is 2.73. The van der Waals surface area contributed by atoms with Gasteiger partial charge in [-0.2, -0.15) is 0 Å². The molecule has 1 heterocycles. The van der Waals surface area contributed by atoms with Gasteiger partial charge in [0, 0.05) is 24.2 Å². The van der Waals surface area contributed by atoms with Crippen LogP contribution in [0.4, 0.5) is 0 Å². The van der Waals surface area contributed by atoms with Crippen molar-refractivity contribution in [1.82, 2.24) is 10.3 Å². The van der Waals surface area contributed by atoms with E-state index in [1.54, 1.807) is 0 Å². The molecule has 2 atom stereocenters. The van der Waals surface area contributed by atoms with Crippen molar-refractivity contribution in [2.45, 2.75) is 25.9 Å². The fourth-order valence-electron chi connectivity index (χ4n) is 2.16. The van der Waals surface area contributed by atoms with Crippen molar-refractivity contribution in [3.8, 4) is 0 Å². The van der Waals surface area contributed by atoms with Gasteiger partial charge in [-0.1, -0.05) is 25.1 Å². The van der Waals surface area contributed by atoms with Gasteiger partial charge in [0.25, 0.3) is 0 Å². The van der Waals surface area contributed by atoms with E-state index >= 15 is 0 Å². The second-order valence-corrected chi connectivity index (χ2v) is 4.69. The Bertz CT molecular complexity index is 502. The van der Waals surface area contributed by atoms with E-state index in [0.717, 1.165) is 24.0 Å². The summed E-state index contributed by atoms with van der Waals surface area (Å²) in [7, 11) is 0. The zero-order valence-corrected chi connectivity index (χ0v) is 9.48. The molecule has 0 bridgehead atoms. The minimum absolute atomic E-state index is 0.729. The van der Waals surface area contributed by atoms with Gasteiger partial charge in [-0.3, -0.25) is 4.98 Å². The first-order chi connectivity index (χ1) is 7.84. The highest BCUT2D eigenvalue weighted by Gasteiger charge is 2.31. The zero-order chi connectivity index (χ0) is 11.0. The number of hydrogen-bond donors (Lipinski definition) is 1. The molecule has 2 unspecified atom stereocenters. The number of rotatable bonds is 3. The monoisotopic (exact) mass is 212 g/mol. The molecule has 2 heteroatoms. The second kappa shape index (κ2) is 3.87. The van der Waals surface area contributed by atoms with E-state index in [-0.39, 0.29) is 0 Å². The zero-order valence-electron chi connectivity index (χ0n) is 9.48. The van der Waals surface area contributed by atoms with Crippen LogP contribution in [0.15, 0.2) is 36.5 Å². The van der Waals surface area contributed by atoms with E-state index in [0.29, 0.717) is 0 Å². The van der Waals surface area contributed by atoms with Crippen LogP contribution in [0.25, 0.3) is 10.9 Å². The standard InChI is InChI=1S/C14H16N2/c1-10-8-14(10)16-9-11-6-7-15-13-5-3-2-4-12(11)13/h2-7,10,14,16H,8-9H2,1H3. The van der Waals surface area contributed by atoms with Gasteiger partial charge in [0.2, 0.25) is 0 Å². The lowest BCUT2D eigenvalue weighted by Crippen LogP contribution is -2.17. The van der Waals surface area contributed by atoms with Gasteiger partial charge in [0.1, 0.15) is 0 Å². The van der Waals surface area contributed by atoms with Gasteiger partial charge >= 0.3 is 0 Å². The molecule has 2 aromatic rings. The minimum atomic E-state index is 0.729. The summed E-state index contributed by atoms with van der Waals surface area (Å²) in [4.78, 5) is 4.37. The summed E-state index contributed by atoms with van der Waals surface area (Å²) < 4.78 is 0. The smallest absolute Gasteiger partial charge is 0.0705 e. The lowest BCUT2D eigenvalue weighted by atomic mass is 10.1. The normalized spacial score (nSPS) is 23.6. The lowest BCUT2D eigenvalue weighted by molar-refractivity contribution is 0.655. The molecule has 16 heavy (non-hydrogen) atoms. The van der Waals surface area contributed by atoms with Crippen LogP contribution >= 0.6 is 0 Å². The van der Waals surface area contributed by atoms with Crippen LogP contribution in [0.3, 0.4) is 0 Å². The van der Waals surface area contributed by atoms with E-state index in [9.17, 15) is 0 Å². The van der Waals surface area contributed by atoms with Crippen molar-refractivity contribution in [2.75, 3.05) is 0 Å². The molecule has 0 radical (unpaired) electrons. The van der Waals surface area contributed by atoms with Crippen LogP contribution < -0.4 is 5.32 Å². The SMILES string of the molecule is CC1CC1NCc1ccnc2ccccc12. The van der Waals surface area contributed by atoms with Gasteiger partial charge < -0.3 is 5.32 Å². The van der Waals surface area contributed by atoms with Gasteiger partial charge in [-0.05, 0) is 30.0 Å². The summed E-state index contributed by atoms with van der Waals surface area (Å²) in [6.07, 6.45) is 3.22. The Labute approximate surface area is 95.7 Å². The van der Waals surface area contributed by atoms with Crippen molar-refractivity contribution < 1.29 is 0 Å². The van der Waals surface area contributed by atoms with Gasteiger partial charge in [0.05, 0.1) is 5.52 Å². The van der Waals surface area contributed by atoms with Crippen molar-refractivity contribution >= 4 is 10.9 Å². The first kappa shape index (κ1) is 9.79. The molecule has 0 saturated heterocycles. The molecule has 1 aliphatic rings. The maximum Gasteiger partial charge on any atom is 0.0705 e. The highest BCUT2D eigenvalue weighted by atomic mass is 15.0. The molecule has 82 valence electrons. The van der Waals surface area contributed by atoms with Crippen LogP contribution in [-0.4, -0.2) is 11.0 Å². The van der Waals surface area contributed by atoms with Crippen LogP contribution in [0.5, 0.6) is 0 Å². The summed E-state index contributed by atoms with van der Waals surface area (Å²) in [5.41, 5.74) is 2.44. The summed E-state index contributed by atoms with van der Waals surface area (Å²) >= 11 is 0. The Morgan fingerprint density at radius 2 is 2.12 bits per heavy atom. The average Bonchev–Trinajstić information content (AvgIpc) is 3.03. The molecule has 2 nitrogen and oxygen atoms in total. The summed E-state index contributed by atoms with van der Waals surface area (Å²) in [6.45, 7) is 3.25. The largest absolute Gasteiger partial charge is 0.310 e. The van der Waals surface area contributed by atoms with Crippen LogP contribution in [0.1, 0.15) is 18.9 Å². The Kier molecular flexibility index (Phi) is 2.37. The van der Waals surface area contributed by atoms with E-state index < -0.39 is 0 Å². The molecular formula is C14H16N2. The maximum absolute atomic E-state index is 4.37. The Morgan fingerprint density at radius 1 is 1.31 bits per heavy atom. The number of nitrogens with one attached hydrogen (secondary N) is 1. The topological polar surface area (TPSA) is 24.9 Å². The summed E-state index contributed by atoms with van der Waals surface area (Å²) in [6, 6.07) is 11.2. The quantitative estimate of drug-likeness (QED) is 0.846. The maximum atomic E-state index is 4.37. The first-order valence-corrected chi connectivity index (χ1v) is 5.90. The number of aromatic nitrogens is 1. The van der Waals surface area contributed by atoms with Crippen molar-refractivity contribution in [1.29, 1.82) is 0 Å². The molecule has 1 aliphatic carbocycles. The number of pyridine rings is 1. The molecule has 1 saturated carbocycles. The number of para-hydroxylation sites is 1. The van der Waals surface area contributed by atoms with Crippen molar-refractivity contribution in [2.24, 2.45) is 5.92 Å². The van der Waals surface area contributed by atoms with Crippen LogP contribution in [-0.2, 0) is 6.54 Å². The van der Waals surface area contributed by atoms with Crippen molar-refractivity contribution in [3.05, 3.63) is 42.1 Å². The molecule has 1 aromatic heterocycles. The fourth-order valence-corrected chi connectivity index (χ4v) is 2.16. The molecule has 1 aromatic carbocycles. The molecule has 0 amide bonds. The Hall–Kier alpha value is -1.41. The molecule has 0 aliphatic heterocycles. The minimum Gasteiger partial charge on any atom is -0.310 e. The number of benzene rings is 1. The third-order valence-corrected chi connectivity index (χ3v) is 3.40. The third-order valence-electron chi connectivity index (χ3n) is 3.40. The number of nitrogens with zero attached hydrogens (tertiary/aromatic N) is 1. The fraction of sp³-hybridized carbons (Fsp3) is 0.357. The van der Waals surface area contributed by atoms with Gasteiger partial charge in [0.15, 0.2) is 0 Å². The van der Waals surface area contributed by atoms with Crippen LogP contribution in [0.2, 0.25) is 0 Å². The molecule has 0 spiro atoms. The first-order valence-electron chi connectivity index (χ1n) is 5.90. The average molecular weight is 212 g/mol. The highest BCUT2D eigenvalue weighted by Crippen LogP contribution is 2.29. The van der Waals surface area contributed by atoms with Gasteiger partial charge in [-0.15, -0.1) is 0 Å². The van der Waals surface area contributed by atoms with Crippen molar-refractivity contribution in [3.63, 3.8) is 0 Å². The highest BCUT2D eigenvalue weighted by molar-refractivity contribution is 5.81. The number of fused-ring (bicyclic) bond motifs is 1. The number of hydrogen-bond acceptors (Lipinski definition) is 2. The molecule has 1 fully saturated rings. The van der Waals surface area contributed by atoms with E-state index in [1.807, 2.05) is 12.3 Å². The third kappa shape index (κ3) is 1.81. The lowest BCUT2D eigenvalue weighted by Gasteiger charge is -2.06. The second-order valence-electron chi connectivity index (χ2n) is 4.69. The Morgan fingerprint density at radius 3 is 2.94 bits per heavy atom. The van der Waals surface area contributed by atoms with E-state index in [1.165, 1.54) is 17.4 Å². The van der Waals surface area contributed by atoms with Crippen LogP contribution in [0, 0.1) is 5.92 Å². The molecule has 1 N–H and O–H groups in total.